The minimum Gasteiger partial charge on any atom is -0.360 e. The average Bonchev–Trinajstić information content (AvgIpc) is 3.09. The smallest absolute Gasteiger partial charge is 0.0719 e. The van der Waals surface area contributed by atoms with E-state index in [0.717, 1.165) is 16.6 Å². The Morgan fingerprint density at radius 1 is 0.941 bits per heavy atom. The third kappa shape index (κ3) is 2.26. The summed E-state index contributed by atoms with van der Waals surface area (Å²) in [6.45, 7) is 1.03. The molecule has 0 amide bonds. The standard InChI is InChI=1S/C14H11Cl2N/c15-11-4-1-3-10(7-11)14-9-17(14)13-6-2-5-12(16)8-13/h1-8,14H,9H2. The highest BCUT2D eigenvalue weighted by Gasteiger charge is 2.35. The highest BCUT2D eigenvalue weighted by atomic mass is 35.5. The highest BCUT2D eigenvalue weighted by molar-refractivity contribution is 6.31. The minimum absolute atomic E-state index is 0.437. The first-order valence-electron chi connectivity index (χ1n) is 5.52. The summed E-state index contributed by atoms with van der Waals surface area (Å²) in [4.78, 5) is 2.30. The van der Waals surface area contributed by atoms with E-state index in [4.69, 9.17) is 23.2 Å². The second kappa shape index (κ2) is 4.25. The molecule has 17 heavy (non-hydrogen) atoms. The summed E-state index contributed by atoms with van der Waals surface area (Å²) >= 11 is 12.0. The van der Waals surface area contributed by atoms with Gasteiger partial charge in [0.1, 0.15) is 0 Å². The summed E-state index contributed by atoms with van der Waals surface area (Å²) in [5.74, 6) is 0. The largest absolute Gasteiger partial charge is 0.360 e. The predicted octanol–water partition coefficient (Wildman–Crippen LogP) is 4.55. The summed E-state index contributed by atoms with van der Waals surface area (Å²) < 4.78 is 0. The average molecular weight is 264 g/mol. The van der Waals surface area contributed by atoms with Crippen molar-refractivity contribution in [2.75, 3.05) is 11.4 Å². The molecule has 1 heterocycles. The first-order valence-corrected chi connectivity index (χ1v) is 6.27. The zero-order valence-electron chi connectivity index (χ0n) is 9.11. The van der Waals surface area contributed by atoms with Gasteiger partial charge < -0.3 is 4.90 Å². The van der Waals surface area contributed by atoms with Gasteiger partial charge in [0.15, 0.2) is 0 Å². The molecule has 1 aliphatic heterocycles. The number of hydrogen-bond donors (Lipinski definition) is 0. The molecular weight excluding hydrogens is 253 g/mol. The third-order valence-corrected chi connectivity index (χ3v) is 3.46. The van der Waals surface area contributed by atoms with Gasteiger partial charge in [-0.1, -0.05) is 41.4 Å². The molecule has 0 aliphatic carbocycles. The van der Waals surface area contributed by atoms with Crippen molar-refractivity contribution in [1.29, 1.82) is 0 Å². The van der Waals surface area contributed by atoms with Gasteiger partial charge in [-0.25, -0.2) is 0 Å². The van der Waals surface area contributed by atoms with E-state index >= 15 is 0 Å². The number of benzene rings is 2. The van der Waals surface area contributed by atoms with Gasteiger partial charge in [0.2, 0.25) is 0 Å². The monoisotopic (exact) mass is 263 g/mol. The Kier molecular flexibility index (Phi) is 2.73. The first-order chi connectivity index (χ1) is 8.24. The molecule has 0 N–H and O–H groups in total. The van der Waals surface area contributed by atoms with Crippen LogP contribution in [0.2, 0.25) is 10.0 Å². The van der Waals surface area contributed by atoms with E-state index in [0.29, 0.717) is 6.04 Å². The molecule has 0 saturated carbocycles. The van der Waals surface area contributed by atoms with Gasteiger partial charge in [0, 0.05) is 22.3 Å². The molecule has 0 aromatic heterocycles. The lowest BCUT2D eigenvalue weighted by Gasteiger charge is -2.06. The molecule has 1 nitrogen and oxygen atoms in total. The fourth-order valence-corrected chi connectivity index (χ4v) is 2.46. The van der Waals surface area contributed by atoms with Crippen LogP contribution in [0.3, 0.4) is 0 Å². The van der Waals surface area contributed by atoms with Crippen LogP contribution < -0.4 is 4.90 Å². The summed E-state index contributed by atoms with van der Waals surface area (Å²) in [5, 5.41) is 1.57. The predicted molar refractivity (Wildman–Crippen MR) is 73.0 cm³/mol. The van der Waals surface area contributed by atoms with E-state index < -0.39 is 0 Å². The number of nitrogens with zero attached hydrogens (tertiary/aromatic N) is 1. The van der Waals surface area contributed by atoms with Crippen molar-refractivity contribution in [3.63, 3.8) is 0 Å². The van der Waals surface area contributed by atoms with Crippen molar-refractivity contribution in [3.8, 4) is 0 Å². The SMILES string of the molecule is Clc1cccc(C2CN2c2cccc(Cl)c2)c1. The van der Waals surface area contributed by atoms with Gasteiger partial charge in [-0.3, -0.25) is 0 Å². The Bertz CT molecular complexity index is 504. The van der Waals surface area contributed by atoms with Crippen molar-refractivity contribution in [3.05, 3.63) is 64.1 Å². The minimum atomic E-state index is 0.437. The molecule has 0 radical (unpaired) electrons. The molecule has 1 saturated heterocycles. The Morgan fingerprint density at radius 2 is 1.65 bits per heavy atom. The molecule has 3 heteroatoms. The lowest BCUT2D eigenvalue weighted by molar-refractivity contribution is 1.13. The summed E-state index contributed by atoms with van der Waals surface area (Å²) in [6, 6.07) is 16.4. The highest BCUT2D eigenvalue weighted by Crippen LogP contribution is 2.40. The maximum Gasteiger partial charge on any atom is 0.0719 e. The Balaban J connectivity index is 1.83. The van der Waals surface area contributed by atoms with Crippen molar-refractivity contribution >= 4 is 28.9 Å². The van der Waals surface area contributed by atoms with Crippen molar-refractivity contribution in [2.45, 2.75) is 6.04 Å². The van der Waals surface area contributed by atoms with Crippen LogP contribution in [0, 0.1) is 0 Å². The number of anilines is 1. The molecule has 1 unspecified atom stereocenters. The molecule has 3 rings (SSSR count). The molecule has 1 atom stereocenters. The van der Waals surface area contributed by atoms with Crippen molar-refractivity contribution in [2.24, 2.45) is 0 Å². The normalized spacial score (nSPS) is 18.2. The van der Waals surface area contributed by atoms with E-state index in [1.165, 1.54) is 11.3 Å². The van der Waals surface area contributed by atoms with Gasteiger partial charge in [0.05, 0.1) is 6.04 Å². The molecular formula is C14H11Cl2N. The van der Waals surface area contributed by atoms with Crippen molar-refractivity contribution < 1.29 is 0 Å². The zero-order chi connectivity index (χ0) is 11.8. The van der Waals surface area contributed by atoms with Crippen LogP contribution in [0.15, 0.2) is 48.5 Å². The van der Waals surface area contributed by atoms with E-state index in [2.05, 4.69) is 17.0 Å². The summed E-state index contributed by atoms with van der Waals surface area (Å²) in [6.07, 6.45) is 0. The van der Waals surface area contributed by atoms with Gasteiger partial charge in [-0.2, -0.15) is 0 Å². The lowest BCUT2D eigenvalue weighted by atomic mass is 10.1. The van der Waals surface area contributed by atoms with Gasteiger partial charge >= 0.3 is 0 Å². The van der Waals surface area contributed by atoms with Gasteiger partial charge in [-0.05, 0) is 35.9 Å². The Labute approximate surface area is 111 Å². The quantitative estimate of drug-likeness (QED) is 0.719. The van der Waals surface area contributed by atoms with Crippen LogP contribution in [0.1, 0.15) is 11.6 Å². The molecule has 0 spiro atoms. The van der Waals surface area contributed by atoms with E-state index in [1.807, 2.05) is 36.4 Å². The number of halogens is 2. The van der Waals surface area contributed by atoms with E-state index in [-0.39, 0.29) is 0 Å². The third-order valence-electron chi connectivity index (χ3n) is 2.99. The zero-order valence-corrected chi connectivity index (χ0v) is 10.6. The molecule has 2 aromatic rings. The lowest BCUT2D eigenvalue weighted by Crippen LogP contribution is -1.93. The molecule has 2 aromatic carbocycles. The van der Waals surface area contributed by atoms with Crippen LogP contribution in [0.4, 0.5) is 5.69 Å². The second-order valence-electron chi connectivity index (χ2n) is 4.20. The summed E-state index contributed by atoms with van der Waals surface area (Å²) in [7, 11) is 0. The molecule has 1 fully saturated rings. The van der Waals surface area contributed by atoms with Crippen LogP contribution in [0.25, 0.3) is 0 Å². The number of rotatable bonds is 2. The van der Waals surface area contributed by atoms with Crippen LogP contribution in [0.5, 0.6) is 0 Å². The summed E-state index contributed by atoms with van der Waals surface area (Å²) in [5.41, 5.74) is 2.43. The number of hydrogen-bond acceptors (Lipinski definition) is 1. The van der Waals surface area contributed by atoms with Gasteiger partial charge in [-0.15, -0.1) is 0 Å². The topological polar surface area (TPSA) is 3.01 Å². The fourth-order valence-electron chi connectivity index (χ4n) is 2.08. The van der Waals surface area contributed by atoms with E-state index in [9.17, 15) is 0 Å². The second-order valence-corrected chi connectivity index (χ2v) is 5.08. The van der Waals surface area contributed by atoms with Crippen molar-refractivity contribution in [1.82, 2.24) is 0 Å². The van der Waals surface area contributed by atoms with Crippen LogP contribution >= 0.6 is 23.2 Å². The molecule has 86 valence electrons. The maximum atomic E-state index is 6.00. The fraction of sp³-hybridized carbons (Fsp3) is 0.143. The Morgan fingerprint density at radius 3 is 2.35 bits per heavy atom. The van der Waals surface area contributed by atoms with Crippen LogP contribution in [-0.2, 0) is 0 Å². The van der Waals surface area contributed by atoms with Crippen LogP contribution in [-0.4, -0.2) is 6.54 Å². The maximum absolute atomic E-state index is 6.00. The van der Waals surface area contributed by atoms with Gasteiger partial charge in [0.25, 0.3) is 0 Å². The Hall–Kier alpha value is -1.18. The molecule has 1 aliphatic rings. The first kappa shape index (κ1) is 10.9. The van der Waals surface area contributed by atoms with E-state index in [1.54, 1.807) is 0 Å². The molecule has 0 bridgehead atoms.